The molecule has 0 spiro atoms. The molecule has 0 aliphatic heterocycles. The Bertz CT molecular complexity index is 485. The van der Waals surface area contributed by atoms with E-state index in [1.54, 1.807) is 0 Å². The van der Waals surface area contributed by atoms with Gasteiger partial charge in [0.05, 0.1) is 12.0 Å². The molecular weight excluding hydrogens is 263 g/mol. The van der Waals surface area contributed by atoms with Crippen LogP contribution in [0.4, 0.5) is 13.2 Å². The van der Waals surface area contributed by atoms with Crippen molar-refractivity contribution in [3.05, 3.63) is 35.4 Å². The second kappa shape index (κ2) is 5.73. The highest BCUT2D eigenvalue weighted by atomic mass is 19.4. The molecule has 7 heteroatoms. The van der Waals surface area contributed by atoms with Gasteiger partial charge in [-0.1, -0.05) is 6.07 Å². The highest BCUT2D eigenvalue weighted by Gasteiger charge is 2.30. The van der Waals surface area contributed by atoms with E-state index in [2.05, 4.69) is 5.32 Å². The van der Waals surface area contributed by atoms with Crippen molar-refractivity contribution in [3.8, 4) is 0 Å². The van der Waals surface area contributed by atoms with Crippen LogP contribution in [0, 0.1) is 0 Å². The number of carboxylic acid groups (broad SMARTS) is 1. The Morgan fingerprint density at radius 1 is 1.37 bits per heavy atom. The molecule has 0 aliphatic rings. The maximum absolute atomic E-state index is 12.5. The van der Waals surface area contributed by atoms with Gasteiger partial charge in [0.25, 0.3) is 5.91 Å². The molecule has 2 N–H and O–H groups in total. The summed E-state index contributed by atoms with van der Waals surface area (Å²) in [5.41, 5.74) is -1.09. The van der Waals surface area contributed by atoms with E-state index in [1.807, 2.05) is 0 Å². The molecular formula is C12H12F3NO3. The molecule has 1 rings (SSSR count). The quantitative estimate of drug-likeness (QED) is 0.886. The summed E-state index contributed by atoms with van der Waals surface area (Å²) in [5, 5.41) is 10.8. The molecule has 104 valence electrons. The number of benzene rings is 1. The molecule has 0 aliphatic carbocycles. The van der Waals surface area contributed by atoms with Gasteiger partial charge in [-0.3, -0.25) is 9.59 Å². The lowest BCUT2D eigenvalue weighted by Crippen LogP contribution is -2.34. The average Bonchev–Trinajstić information content (AvgIpc) is 2.26. The second-order valence-corrected chi connectivity index (χ2v) is 4.05. The first-order valence-corrected chi connectivity index (χ1v) is 5.40. The summed E-state index contributed by atoms with van der Waals surface area (Å²) in [6.45, 7) is 1.46. The van der Waals surface area contributed by atoms with E-state index in [-0.39, 0.29) is 12.0 Å². The normalized spacial score (nSPS) is 12.8. The lowest BCUT2D eigenvalue weighted by atomic mass is 10.1. The van der Waals surface area contributed by atoms with Crippen molar-refractivity contribution in [2.24, 2.45) is 0 Å². The first-order chi connectivity index (χ1) is 8.70. The summed E-state index contributed by atoms with van der Waals surface area (Å²) in [5.74, 6) is -1.84. The Morgan fingerprint density at radius 2 is 2.00 bits per heavy atom. The molecule has 0 heterocycles. The van der Waals surface area contributed by atoms with Gasteiger partial charge in [-0.2, -0.15) is 13.2 Å². The predicted molar refractivity (Wildman–Crippen MR) is 60.6 cm³/mol. The molecule has 1 atom stereocenters. The highest BCUT2D eigenvalue weighted by Crippen LogP contribution is 2.29. The van der Waals surface area contributed by atoms with E-state index in [4.69, 9.17) is 5.11 Å². The fourth-order valence-corrected chi connectivity index (χ4v) is 1.46. The van der Waals surface area contributed by atoms with Crippen LogP contribution in [-0.2, 0) is 11.0 Å². The molecule has 4 nitrogen and oxygen atoms in total. The second-order valence-electron chi connectivity index (χ2n) is 4.05. The number of carbonyl (C=O) groups is 2. The summed E-state index contributed by atoms with van der Waals surface area (Å²) in [7, 11) is 0. The van der Waals surface area contributed by atoms with Crippen molar-refractivity contribution in [1.29, 1.82) is 0 Å². The Kier molecular flexibility index (Phi) is 4.52. The molecule has 0 saturated carbocycles. The number of alkyl halides is 3. The first-order valence-electron chi connectivity index (χ1n) is 5.40. The van der Waals surface area contributed by atoms with Crippen LogP contribution in [0.25, 0.3) is 0 Å². The minimum Gasteiger partial charge on any atom is -0.481 e. The van der Waals surface area contributed by atoms with Gasteiger partial charge in [-0.25, -0.2) is 0 Å². The number of carbonyl (C=O) groups excluding carboxylic acids is 1. The van der Waals surface area contributed by atoms with Crippen LogP contribution in [-0.4, -0.2) is 23.0 Å². The summed E-state index contributed by atoms with van der Waals surface area (Å²) in [6, 6.07) is 3.28. The van der Waals surface area contributed by atoms with Crippen molar-refractivity contribution in [3.63, 3.8) is 0 Å². The highest BCUT2D eigenvalue weighted by molar-refractivity contribution is 5.94. The van der Waals surface area contributed by atoms with Gasteiger partial charge < -0.3 is 10.4 Å². The minimum atomic E-state index is -4.52. The molecule has 19 heavy (non-hydrogen) atoms. The van der Waals surface area contributed by atoms with Gasteiger partial charge >= 0.3 is 12.1 Å². The number of carboxylic acids is 1. The smallest absolute Gasteiger partial charge is 0.416 e. The van der Waals surface area contributed by atoms with Crippen LogP contribution < -0.4 is 5.32 Å². The van der Waals surface area contributed by atoms with Crippen molar-refractivity contribution in [2.45, 2.75) is 25.6 Å². The number of hydrogen-bond donors (Lipinski definition) is 2. The third-order valence-electron chi connectivity index (χ3n) is 2.31. The lowest BCUT2D eigenvalue weighted by molar-refractivity contribution is -0.138. The van der Waals surface area contributed by atoms with Crippen LogP contribution in [0.2, 0.25) is 0 Å². The van der Waals surface area contributed by atoms with Gasteiger partial charge in [0.1, 0.15) is 0 Å². The largest absolute Gasteiger partial charge is 0.481 e. The molecule has 0 fully saturated rings. The molecule has 0 bridgehead atoms. The monoisotopic (exact) mass is 275 g/mol. The Labute approximate surface area is 107 Å². The zero-order valence-electron chi connectivity index (χ0n) is 9.99. The molecule has 0 saturated heterocycles. The number of amides is 1. The molecule has 0 aromatic heterocycles. The lowest BCUT2D eigenvalue weighted by Gasteiger charge is -2.13. The van der Waals surface area contributed by atoms with E-state index in [1.165, 1.54) is 13.0 Å². The average molecular weight is 275 g/mol. The first kappa shape index (κ1) is 15.0. The fraction of sp³-hybridized carbons (Fsp3) is 0.333. The standard InChI is InChI=1S/C12H12F3NO3/c1-7(5-10(17)18)16-11(19)8-3-2-4-9(6-8)12(13,14)15/h2-4,6-7H,5H2,1H3,(H,16,19)(H,17,18). The fourth-order valence-electron chi connectivity index (χ4n) is 1.46. The van der Waals surface area contributed by atoms with Crippen LogP contribution in [0.1, 0.15) is 29.3 Å². The van der Waals surface area contributed by atoms with Gasteiger partial charge in [-0.15, -0.1) is 0 Å². The van der Waals surface area contributed by atoms with E-state index < -0.39 is 29.7 Å². The van der Waals surface area contributed by atoms with Crippen molar-refractivity contribution in [1.82, 2.24) is 5.32 Å². The van der Waals surface area contributed by atoms with Crippen molar-refractivity contribution >= 4 is 11.9 Å². The molecule has 1 aromatic rings. The number of hydrogen-bond acceptors (Lipinski definition) is 2. The van der Waals surface area contributed by atoms with E-state index in [9.17, 15) is 22.8 Å². The van der Waals surface area contributed by atoms with Crippen molar-refractivity contribution in [2.75, 3.05) is 0 Å². The Hall–Kier alpha value is -2.05. The Morgan fingerprint density at radius 3 is 2.53 bits per heavy atom. The molecule has 0 radical (unpaired) electrons. The van der Waals surface area contributed by atoms with Gasteiger partial charge in [-0.05, 0) is 25.1 Å². The third-order valence-corrected chi connectivity index (χ3v) is 2.31. The van der Waals surface area contributed by atoms with E-state index >= 15 is 0 Å². The summed E-state index contributed by atoms with van der Waals surface area (Å²) >= 11 is 0. The SMILES string of the molecule is CC(CC(=O)O)NC(=O)c1cccc(C(F)(F)F)c1. The maximum atomic E-state index is 12.5. The Balaban J connectivity index is 2.80. The number of halogens is 3. The molecule has 1 aromatic carbocycles. The van der Waals surface area contributed by atoms with Gasteiger partial charge in [0.15, 0.2) is 0 Å². The maximum Gasteiger partial charge on any atom is 0.416 e. The van der Waals surface area contributed by atoms with Crippen LogP contribution in [0.15, 0.2) is 24.3 Å². The van der Waals surface area contributed by atoms with Crippen molar-refractivity contribution < 1.29 is 27.9 Å². The zero-order chi connectivity index (χ0) is 14.6. The molecule has 1 amide bonds. The zero-order valence-corrected chi connectivity index (χ0v) is 9.99. The minimum absolute atomic E-state index is 0.160. The number of nitrogens with one attached hydrogen (secondary N) is 1. The summed E-state index contributed by atoms with van der Waals surface area (Å²) in [4.78, 5) is 22.1. The van der Waals surface area contributed by atoms with E-state index in [0.717, 1.165) is 18.2 Å². The topological polar surface area (TPSA) is 66.4 Å². The predicted octanol–water partition coefficient (Wildman–Crippen LogP) is 2.30. The van der Waals surface area contributed by atoms with Gasteiger partial charge in [0.2, 0.25) is 0 Å². The van der Waals surface area contributed by atoms with Crippen LogP contribution in [0.3, 0.4) is 0 Å². The summed E-state index contributed by atoms with van der Waals surface area (Å²) in [6.07, 6.45) is -4.83. The number of rotatable bonds is 4. The van der Waals surface area contributed by atoms with Crippen LogP contribution >= 0.6 is 0 Å². The molecule has 1 unspecified atom stereocenters. The summed E-state index contributed by atoms with van der Waals surface area (Å²) < 4.78 is 37.4. The van der Waals surface area contributed by atoms with Crippen LogP contribution in [0.5, 0.6) is 0 Å². The van der Waals surface area contributed by atoms with E-state index in [0.29, 0.717) is 0 Å². The third kappa shape index (κ3) is 4.61. The number of aliphatic carboxylic acids is 1. The van der Waals surface area contributed by atoms with Gasteiger partial charge in [0, 0.05) is 11.6 Å².